The third-order valence-electron chi connectivity index (χ3n) is 3.38. The molecule has 112 valence electrons. The highest BCUT2D eigenvalue weighted by atomic mass is 32.1. The number of carbonyl (C=O) groups excluding carboxylic acids is 1. The molecule has 0 bridgehead atoms. The molecule has 0 aliphatic heterocycles. The predicted octanol–water partition coefficient (Wildman–Crippen LogP) is 2.79. The lowest BCUT2D eigenvalue weighted by Crippen LogP contribution is -2.41. The molecule has 1 heterocycles. The maximum Gasteiger partial charge on any atom is 0.225 e. The van der Waals surface area contributed by atoms with Gasteiger partial charge in [-0.15, -0.1) is 11.3 Å². The number of aryl methyl sites for hydroxylation is 1. The van der Waals surface area contributed by atoms with Gasteiger partial charge in [0.2, 0.25) is 5.91 Å². The highest BCUT2D eigenvalue weighted by Crippen LogP contribution is 2.14. The predicted molar refractivity (Wildman–Crippen MR) is 86.4 cm³/mol. The molecule has 0 spiro atoms. The van der Waals surface area contributed by atoms with Gasteiger partial charge in [0.25, 0.3) is 0 Å². The minimum Gasteiger partial charge on any atom is -0.388 e. The monoisotopic (exact) mass is 303 g/mol. The first kappa shape index (κ1) is 15.7. The molecular formula is C17H21NO2S. The summed E-state index contributed by atoms with van der Waals surface area (Å²) in [6, 6.07) is 13.9. The normalized spacial score (nSPS) is 13.6. The van der Waals surface area contributed by atoms with E-state index < -0.39 is 5.60 Å². The summed E-state index contributed by atoms with van der Waals surface area (Å²) in [4.78, 5) is 12.9. The summed E-state index contributed by atoms with van der Waals surface area (Å²) in [5.74, 6) is -0.0440. The molecule has 0 aliphatic rings. The van der Waals surface area contributed by atoms with E-state index in [1.165, 1.54) is 5.56 Å². The van der Waals surface area contributed by atoms with Crippen LogP contribution in [0.5, 0.6) is 0 Å². The number of aliphatic hydroxyl groups is 1. The zero-order valence-corrected chi connectivity index (χ0v) is 13.0. The Labute approximate surface area is 129 Å². The third kappa shape index (κ3) is 5.69. The number of hydrogen-bond donors (Lipinski definition) is 2. The van der Waals surface area contributed by atoms with Crippen molar-refractivity contribution >= 4 is 17.2 Å². The Morgan fingerprint density at radius 2 is 2.00 bits per heavy atom. The van der Waals surface area contributed by atoms with Crippen LogP contribution in [0.3, 0.4) is 0 Å². The average molecular weight is 303 g/mol. The van der Waals surface area contributed by atoms with E-state index in [0.717, 1.165) is 11.3 Å². The highest BCUT2D eigenvalue weighted by Gasteiger charge is 2.21. The first-order valence-corrected chi connectivity index (χ1v) is 7.98. The molecule has 1 atom stereocenters. The zero-order valence-electron chi connectivity index (χ0n) is 12.2. The number of benzene rings is 1. The average Bonchev–Trinajstić information content (AvgIpc) is 2.97. The van der Waals surface area contributed by atoms with Crippen LogP contribution in [-0.2, 0) is 17.6 Å². The van der Waals surface area contributed by atoms with E-state index in [1.807, 2.05) is 47.8 Å². The summed E-state index contributed by atoms with van der Waals surface area (Å²) in [7, 11) is 0. The van der Waals surface area contributed by atoms with Crippen LogP contribution < -0.4 is 5.32 Å². The van der Waals surface area contributed by atoms with E-state index in [2.05, 4.69) is 5.32 Å². The number of hydrogen-bond acceptors (Lipinski definition) is 3. The third-order valence-corrected chi connectivity index (χ3v) is 4.25. The topological polar surface area (TPSA) is 49.3 Å². The van der Waals surface area contributed by atoms with Crippen molar-refractivity contribution in [1.82, 2.24) is 5.32 Å². The molecule has 1 unspecified atom stereocenters. The smallest absolute Gasteiger partial charge is 0.225 e. The molecule has 3 nitrogen and oxygen atoms in total. The second-order valence-electron chi connectivity index (χ2n) is 5.52. The molecule has 1 aromatic heterocycles. The van der Waals surface area contributed by atoms with Gasteiger partial charge in [-0.25, -0.2) is 0 Å². The van der Waals surface area contributed by atoms with Crippen molar-refractivity contribution in [3.8, 4) is 0 Å². The molecule has 0 radical (unpaired) electrons. The molecule has 0 saturated heterocycles. The van der Waals surface area contributed by atoms with Crippen LogP contribution >= 0.6 is 11.3 Å². The molecule has 0 aliphatic carbocycles. The summed E-state index contributed by atoms with van der Waals surface area (Å²) in [6.45, 7) is 2.05. The minimum absolute atomic E-state index is 0.0440. The molecule has 0 fully saturated rings. The van der Waals surface area contributed by atoms with Crippen LogP contribution in [-0.4, -0.2) is 23.2 Å². The Morgan fingerprint density at radius 1 is 1.24 bits per heavy atom. The van der Waals surface area contributed by atoms with Gasteiger partial charge in [-0.3, -0.25) is 4.79 Å². The summed E-state index contributed by atoms with van der Waals surface area (Å²) < 4.78 is 0. The zero-order chi connectivity index (χ0) is 15.1. The molecule has 2 N–H and O–H groups in total. The van der Waals surface area contributed by atoms with Crippen LogP contribution in [0.2, 0.25) is 0 Å². The van der Waals surface area contributed by atoms with Gasteiger partial charge < -0.3 is 10.4 Å². The first-order chi connectivity index (χ1) is 10.1. The maximum atomic E-state index is 11.8. The van der Waals surface area contributed by atoms with Crippen molar-refractivity contribution in [2.24, 2.45) is 0 Å². The lowest BCUT2D eigenvalue weighted by molar-refractivity contribution is -0.121. The largest absolute Gasteiger partial charge is 0.388 e. The Kier molecular flexibility index (Phi) is 5.53. The fraction of sp³-hybridized carbons (Fsp3) is 0.353. The van der Waals surface area contributed by atoms with Gasteiger partial charge in [0.15, 0.2) is 0 Å². The van der Waals surface area contributed by atoms with Gasteiger partial charge in [0.05, 0.1) is 12.0 Å². The van der Waals surface area contributed by atoms with Gasteiger partial charge in [-0.1, -0.05) is 36.4 Å². The second-order valence-corrected chi connectivity index (χ2v) is 6.55. The van der Waals surface area contributed by atoms with Gasteiger partial charge in [0.1, 0.15) is 0 Å². The van der Waals surface area contributed by atoms with E-state index in [1.54, 1.807) is 18.3 Å². The molecule has 0 saturated carbocycles. The van der Waals surface area contributed by atoms with Crippen molar-refractivity contribution in [3.05, 3.63) is 58.3 Å². The van der Waals surface area contributed by atoms with E-state index >= 15 is 0 Å². The molecule has 1 aromatic carbocycles. The standard InChI is InChI=1S/C17H21NO2S/c1-17(20,10-9-14-6-3-2-4-7-14)13-18-16(19)12-15-8-5-11-21-15/h2-8,11,20H,9-10,12-13H2,1H3,(H,18,19). The quantitative estimate of drug-likeness (QED) is 0.826. The van der Waals surface area contributed by atoms with E-state index in [0.29, 0.717) is 12.8 Å². The Bertz CT molecular complexity index is 549. The fourth-order valence-electron chi connectivity index (χ4n) is 2.07. The van der Waals surface area contributed by atoms with E-state index in [9.17, 15) is 9.90 Å². The highest BCUT2D eigenvalue weighted by molar-refractivity contribution is 7.10. The number of rotatable bonds is 7. The molecular weight excluding hydrogens is 282 g/mol. The van der Waals surface area contributed by atoms with E-state index in [4.69, 9.17) is 0 Å². The van der Waals surface area contributed by atoms with Crippen molar-refractivity contribution in [3.63, 3.8) is 0 Å². The van der Waals surface area contributed by atoms with Gasteiger partial charge in [-0.2, -0.15) is 0 Å². The fourth-order valence-corrected chi connectivity index (χ4v) is 2.77. The molecule has 2 aromatic rings. The van der Waals surface area contributed by atoms with Crippen molar-refractivity contribution in [2.75, 3.05) is 6.54 Å². The van der Waals surface area contributed by atoms with Crippen LogP contribution in [0.4, 0.5) is 0 Å². The molecule has 4 heteroatoms. The second kappa shape index (κ2) is 7.38. The SMILES string of the molecule is CC(O)(CCc1ccccc1)CNC(=O)Cc1cccs1. The Balaban J connectivity index is 1.74. The number of amides is 1. The summed E-state index contributed by atoms with van der Waals surface area (Å²) in [5, 5.41) is 15.1. The lowest BCUT2D eigenvalue weighted by atomic mass is 9.97. The number of thiophene rings is 1. The van der Waals surface area contributed by atoms with Crippen LogP contribution in [0.1, 0.15) is 23.8 Å². The van der Waals surface area contributed by atoms with Gasteiger partial charge in [0, 0.05) is 11.4 Å². The number of nitrogens with one attached hydrogen (secondary N) is 1. The van der Waals surface area contributed by atoms with Crippen molar-refractivity contribution < 1.29 is 9.90 Å². The molecule has 1 amide bonds. The number of carbonyl (C=O) groups is 1. The summed E-state index contributed by atoms with van der Waals surface area (Å²) in [6.07, 6.45) is 1.80. The Morgan fingerprint density at radius 3 is 2.67 bits per heavy atom. The van der Waals surface area contributed by atoms with E-state index in [-0.39, 0.29) is 12.5 Å². The van der Waals surface area contributed by atoms with Crippen molar-refractivity contribution in [1.29, 1.82) is 0 Å². The van der Waals surface area contributed by atoms with Gasteiger partial charge in [-0.05, 0) is 36.8 Å². The summed E-state index contributed by atoms with van der Waals surface area (Å²) in [5.41, 5.74) is 0.309. The van der Waals surface area contributed by atoms with Crippen molar-refractivity contribution in [2.45, 2.75) is 31.8 Å². The lowest BCUT2D eigenvalue weighted by Gasteiger charge is -2.23. The maximum absolute atomic E-state index is 11.8. The molecule has 2 rings (SSSR count). The first-order valence-electron chi connectivity index (χ1n) is 7.10. The summed E-state index contributed by atoms with van der Waals surface area (Å²) >= 11 is 1.57. The Hall–Kier alpha value is -1.65. The van der Waals surface area contributed by atoms with Gasteiger partial charge >= 0.3 is 0 Å². The minimum atomic E-state index is -0.888. The molecule has 21 heavy (non-hydrogen) atoms. The van der Waals surface area contributed by atoms with Crippen LogP contribution in [0, 0.1) is 0 Å². The van der Waals surface area contributed by atoms with Crippen LogP contribution in [0.25, 0.3) is 0 Å². The van der Waals surface area contributed by atoms with Crippen LogP contribution in [0.15, 0.2) is 47.8 Å².